The van der Waals surface area contributed by atoms with Gasteiger partial charge in [0, 0.05) is 32.4 Å². The third kappa shape index (κ3) is 7.54. The summed E-state index contributed by atoms with van der Waals surface area (Å²) >= 11 is 0. The first-order valence-electron chi connectivity index (χ1n) is 7.59. The fourth-order valence-electron chi connectivity index (χ4n) is 1.93. The highest BCUT2D eigenvalue weighted by Gasteiger charge is 2.00. The number of rotatable bonds is 8. The zero-order valence-corrected chi connectivity index (χ0v) is 13.6. The van der Waals surface area contributed by atoms with Crippen LogP contribution in [0, 0.1) is 5.92 Å². The van der Waals surface area contributed by atoms with Crippen LogP contribution in [0.1, 0.15) is 38.7 Å². The molecule has 21 heavy (non-hydrogen) atoms. The summed E-state index contributed by atoms with van der Waals surface area (Å²) in [6, 6.07) is 3.86. The van der Waals surface area contributed by atoms with E-state index in [4.69, 9.17) is 4.74 Å². The van der Waals surface area contributed by atoms with Gasteiger partial charge in [0.25, 0.3) is 0 Å². The third-order valence-corrected chi connectivity index (χ3v) is 3.19. The molecular weight excluding hydrogens is 264 g/mol. The van der Waals surface area contributed by atoms with E-state index < -0.39 is 0 Å². The predicted molar refractivity (Wildman–Crippen MR) is 87.7 cm³/mol. The highest BCUT2D eigenvalue weighted by atomic mass is 16.5. The predicted octanol–water partition coefficient (Wildman–Crippen LogP) is 2.58. The van der Waals surface area contributed by atoms with Gasteiger partial charge in [-0.1, -0.05) is 32.8 Å². The number of methoxy groups -OCH3 is 1. The smallest absolute Gasteiger partial charge is 0.212 e. The molecule has 0 atom stereocenters. The first-order chi connectivity index (χ1) is 10.2. The first-order valence-corrected chi connectivity index (χ1v) is 7.59. The number of aliphatic imine (C=N–C) groups is 1. The summed E-state index contributed by atoms with van der Waals surface area (Å²) in [4.78, 5) is 8.40. The van der Waals surface area contributed by atoms with Crippen LogP contribution in [-0.4, -0.2) is 31.6 Å². The van der Waals surface area contributed by atoms with Crippen LogP contribution in [-0.2, 0) is 6.54 Å². The lowest BCUT2D eigenvalue weighted by Crippen LogP contribution is -2.37. The molecule has 0 unspecified atom stereocenters. The molecule has 0 bridgehead atoms. The van der Waals surface area contributed by atoms with Crippen LogP contribution >= 0.6 is 0 Å². The number of nitrogens with one attached hydrogen (secondary N) is 2. The van der Waals surface area contributed by atoms with E-state index in [-0.39, 0.29) is 0 Å². The van der Waals surface area contributed by atoms with Gasteiger partial charge in [-0.2, -0.15) is 0 Å². The van der Waals surface area contributed by atoms with E-state index in [1.807, 2.05) is 18.3 Å². The normalized spacial score (nSPS) is 11.6. The Bertz CT molecular complexity index is 415. The van der Waals surface area contributed by atoms with Crippen molar-refractivity contribution in [1.29, 1.82) is 0 Å². The van der Waals surface area contributed by atoms with Crippen molar-refractivity contribution in [2.75, 3.05) is 20.7 Å². The molecule has 5 heteroatoms. The van der Waals surface area contributed by atoms with Gasteiger partial charge in [-0.05, 0) is 17.9 Å². The maximum absolute atomic E-state index is 5.04. The van der Waals surface area contributed by atoms with Crippen molar-refractivity contribution in [2.24, 2.45) is 10.9 Å². The summed E-state index contributed by atoms with van der Waals surface area (Å²) in [5.41, 5.74) is 1.10. The van der Waals surface area contributed by atoms with Crippen LogP contribution in [0.2, 0.25) is 0 Å². The summed E-state index contributed by atoms with van der Waals surface area (Å²) < 4.78 is 5.04. The van der Waals surface area contributed by atoms with Crippen LogP contribution < -0.4 is 15.4 Å². The number of hydrogen-bond donors (Lipinski definition) is 2. The molecule has 0 aliphatic carbocycles. The quantitative estimate of drug-likeness (QED) is 0.439. The summed E-state index contributed by atoms with van der Waals surface area (Å²) in [5.74, 6) is 2.24. The maximum atomic E-state index is 5.04. The zero-order valence-electron chi connectivity index (χ0n) is 13.6. The second kappa shape index (κ2) is 10.0. The number of unbranched alkanes of at least 4 members (excludes halogenated alkanes) is 1. The second-order valence-corrected chi connectivity index (χ2v) is 5.45. The molecule has 2 N–H and O–H groups in total. The fourth-order valence-corrected chi connectivity index (χ4v) is 1.93. The van der Waals surface area contributed by atoms with Crippen LogP contribution in [0.25, 0.3) is 0 Å². The van der Waals surface area contributed by atoms with Gasteiger partial charge in [0.1, 0.15) is 0 Å². The lowest BCUT2D eigenvalue weighted by molar-refractivity contribution is 0.397. The Balaban J connectivity index is 2.24. The Hall–Kier alpha value is -1.78. The molecule has 1 heterocycles. The molecule has 0 radical (unpaired) electrons. The van der Waals surface area contributed by atoms with E-state index in [2.05, 4.69) is 34.5 Å². The largest absolute Gasteiger partial charge is 0.481 e. The van der Waals surface area contributed by atoms with Gasteiger partial charge in [-0.3, -0.25) is 4.99 Å². The SMILES string of the molecule is CN=C(NCCCCC(C)C)NCc1ccc(OC)nc1. The summed E-state index contributed by atoms with van der Waals surface area (Å²) in [5, 5.41) is 6.61. The summed E-state index contributed by atoms with van der Waals surface area (Å²) in [7, 11) is 3.40. The molecule has 1 aromatic heterocycles. The van der Waals surface area contributed by atoms with Crippen LogP contribution in [0.3, 0.4) is 0 Å². The van der Waals surface area contributed by atoms with Gasteiger partial charge in [-0.25, -0.2) is 4.98 Å². The molecular formula is C16H28N4O. The van der Waals surface area contributed by atoms with Crippen molar-refractivity contribution in [2.45, 2.75) is 39.7 Å². The minimum Gasteiger partial charge on any atom is -0.481 e. The van der Waals surface area contributed by atoms with Gasteiger partial charge in [0.05, 0.1) is 7.11 Å². The monoisotopic (exact) mass is 292 g/mol. The standard InChI is InChI=1S/C16H28N4O/c1-13(2)7-5-6-10-18-16(17-3)20-12-14-8-9-15(21-4)19-11-14/h8-9,11,13H,5-7,10,12H2,1-4H3,(H2,17,18,20). The van der Waals surface area contributed by atoms with Crippen molar-refractivity contribution in [3.8, 4) is 5.88 Å². The first kappa shape index (κ1) is 17.3. The molecule has 5 nitrogen and oxygen atoms in total. The Morgan fingerprint density at radius 2 is 2.10 bits per heavy atom. The average molecular weight is 292 g/mol. The Labute approximate surface area is 128 Å². The molecule has 1 aromatic rings. The van der Waals surface area contributed by atoms with Crippen molar-refractivity contribution in [3.05, 3.63) is 23.9 Å². The van der Waals surface area contributed by atoms with Crippen molar-refractivity contribution in [3.63, 3.8) is 0 Å². The van der Waals surface area contributed by atoms with E-state index in [9.17, 15) is 0 Å². The highest BCUT2D eigenvalue weighted by molar-refractivity contribution is 5.79. The van der Waals surface area contributed by atoms with E-state index >= 15 is 0 Å². The van der Waals surface area contributed by atoms with Gasteiger partial charge < -0.3 is 15.4 Å². The molecule has 0 saturated heterocycles. The third-order valence-electron chi connectivity index (χ3n) is 3.19. The second-order valence-electron chi connectivity index (χ2n) is 5.45. The molecule has 118 valence electrons. The number of hydrogen-bond acceptors (Lipinski definition) is 3. The van der Waals surface area contributed by atoms with Crippen molar-refractivity contribution >= 4 is 5.96 Å². The zero-order chi connectivity index (χ0) is 15.5. The van der Waals surface area contributed by atoms with E-state index in [1.54, 1.807) is 14.2 Å². The molecule has 0 aromatic carbocycles. The summed E-state index contributed by atoms with van der Waals surface area (Å²) in [6.45, 7) is 6.17. The van der Waals surface area contributed by atoms with E-state index in [1.165, 1.54) is 19.3 Å². The fraction of sp³-hybridized carbons (Fsp3) is 0.625. The van der Waals surface area contributed by atoms with Gasteiger partial charge >= 0.3 is 0 Å². The van der Waals surface area contributed by atoms with Gasteiger partial charge in [-0.15, -0.1) is 0 Å². The van der Waals surface area contributed by atoms with Crippen LogP contribution in [0.5, 0.6) is 5.88 Å². The number of pyridine rings is 1. The highest BCUT2D eigenvalue weighted by Crippen LogP contribution is 2.06. The molecule has 0 fully saturated rings. The molecule has 0 aliphatic rings. The Kier molecular flexibility index (Phi) is 8.24. The van der Waals surface area contributed by atoms with Crippen LogP contribution in [0.4, 0.5) is 0 Å². The number of aromatic nitrogens is 1. The average Bonchev–Trinajstić information content (AvgIpc) is 2.50. The lowest BCUT2D eigenvalue weighted by Gasteiger charge is -2.12. The number of ether oxygens (including phenoxy) is 1. The topological polar surface area (TPSA) is 58.5 Å². The Morgan fingerprint density at radius 1 is 1.29 bits per heavy atom. The number of nitrogens with zero attached hydrogens (tertiary/aromatic N) is 2. The minimum atomic E-state index is 0.631. The van der Waals surface area contributed by atoms with Crippen LogP contribution in [0.15, 0.2) is 23.3 Å². The van der Waals surface area contributed by atoms with Gasteiger partial charge in [0.2, 0.25) is 5.88 Å². The van der Waals surface area contributed by atoms with E-state index in [0.29, 0.717) is 12.4 Å². The molecule has 0 saturated carbocycles. The molecule has 0 spiro atoms. The molecule has 0 amide bonds. The Morgan fingerprint density at radius 3 is 2.67 bits per heavy atom. The number of guanidine groups is 1. The van der Waals surface area contributed by atoms with Crippen molar-refractivity contribution in [1.82, 2.24) is 15.6 Å². The maximum Gasteiger partial charge on any atom is 0.212 e. The minimum absolute atomic E-state index is 0.631. The van der Waals surface area contributed by atoms with Crippen molar-refractivity contribution < 1.29 is 4.74 Å². The van der Waals surface area contributed by atoms with Gasteiger partial charge in [0.15, 0.2) is 5.96 Å². The lowest BCUT2D eigenvalue weighted by atomic mass is 10.1. The molecule has 1 rings (SSSR count). The summed E-state index contributed by atoms with van der Waals surface area (Å²) in [6.07, 6.45) is 5.51. The van der Waals surface area contributed by atoms with E-state index in [0.717, 1.165) is 24.0 Å². The molecule has 0 aliphatic heterocycles.